The van der Waals surface area contributed by atoms with Gasteiger partial charge in [-0.2, -0.15) is 0 Å². The minimum atomic E-state index is -0.465. The molecule has 0 fully saturated rings. The van der Waals surface area contributed by atoms with Gasteiger partial charge >= 0.3 is 6.03 Å². The van der Waals surface area contributed by atoms with Crippen molar-refractivity contribution in [2.24, 2.45) is 7.05 Å². The zero-order valence-corrected chi connectivity index (χ0v) is 18.4. The number of hydrogen-bond acceptors (Lipinski definition) is 2. The Hall–Kier alpha value is -3.67. The summed E-state index contributed by atoms with van der Waals surface area (Å²) < 4.78 is 16.2. The highest BCUT2D eigenvalue weighted by Gasteiger charge is 2.37. The zero-order valence-electron chi connectivity index (χ0n) is 18.4. The monoisotopic (exact) mass is 428 g/mol. The van der Waals surface area contributed by atoms with Crippen LogP contribution in [0.3, 0.4) is 0 Å². The molecule has 0 saturated carbocycles. The molecule has 3 aliphatic heterocycles. The number of carbonyl (C=O) groups is 1. The Morgan fingerprint density at radius 2 is 1.88 bits per heavy atom. The second kappa shape index (κ2) is 7.79. The molecule has 5 rings (SSSR count). The fourth-order valence-corrected chi connectivity index (χ4v) is 4.77. The van der Waals surface area contributed by atoms with Crippen LogP contribution in [0.2, 0.25) is 0 Å². The van der Waals surface area contributed by atoms with Crippen LogP contribution in [-0.2, 0) is 13.5 Å². The summed E-state index contributed by atoms with van der Waals surface area (Å²) in [5, 5.41) is 3.04. The van der Waals surface area contributed by atoms with Crippen LogP contribution >= 0.6 is 0 Å². The highest BCUT2D eigenvalue weighted by Crippen LogP contribution is 2.41. The van der Waals surface area contributed by atoms with E-state index in [1.807, 2.05) is 55.9 Å². The van der Waals surface area contributed by atoms with Gasteiger partial charge in [-0.25, -0.2) is 14.2 Å². The summed E-state index contributed by atoms with van der Waals surface area (Å²) in [5.74, 6) is 0.543. The molecule has 0 bridgehead atoms. The number of pyridine rings is 1. The summed E-state index contributed by atoms with van der Waals surface area (Å²) in [6.45, 7) is 4.53. The van der Waals surface area contributed by atoms with E-state index in [1.165, 1.54) is 12.1 Å². The maximum atomic E-state index is 14.2. The van der Waals surface area contributed by atoms with Crippen molar-refractivity contribution in [3.05, 3.63) is 94.6 Å². The third kappa shape index (κ3) is 3.51. The van der Waals surface area contributed by atoms with Crippen LogP contribution in [0, 0.1) is 19.7 Å². The predicted octanol–water partition coefficient (Wildman–Crippen LogP) is 5.46. The van der Waals surface area contributed by atoms with Crippen LogP contribution < -0.4 is 5.32 Å². The lowest BCUT2D eigenvalue weighted by atomic mass is 9.92. The van der Waals surface area contributed by atoms with Crippen LogP contribution in [0.4, 0.5) is 14.9 Å². The quantitative estimate of drug-likeness (QED) is 0.461. The number of rotatable bonds is 2. The molecule has 0 aromatic heterocycles. The van der Waals surface area contributed by atoms with Crippen LogP contribution in [0.1, 0.15) is 34.0 Å². The molecule has 5 nitrogen and oxygen atoms in total. The SMILES string of the molecule is Cc1cc(C)cc(NC(=O)N2CCc3c4cccn(C)c-4nc3C2c2cccc(F)c2)c1. The van der Waals surface area contributed by atoms with Gasteiger partial charge in [0.15, 0.2) is 0 Å². The molecule has 0 aliphatic carbocycles. The molecule has 3 heterocycles. The number of anilines is 1. The average molecular weight is 429 g/mol. The minimum absolute atomic E-state index is 0.216. The molecule has 1 unspecified atom stereocenters. The number of urea groups is 1. The van der Waals surface area contributed by atoms with Crippen molar-refractivity contribution in [1.82, 2.24) is 14.5 Å². The van der Waals surface area contributed by atoms with Gasteiger partial charge in [-0.3, -0.25) is 0 Å². The maximum Gasteiger partial charge on any atom is 0.322 e. The number of halogens is 1. The first kappa shape index (κ1) is 20.2. The topological polar surface area (TPSA) is 50.2 Å². The van der Waals surface area contributed by atoms with Gasteiger partial charge in [-0.15, -0.1) is 0 Å². The highest BCUT2D eigenvalue weighted by molar-refractivity contribution is 5.90. The smallest absolute Gasteiger partial charge is 0.322 e. The second-order valence-corrected chi connectivity index (χ2v) is 8.54. The van der Waals surface area contributed by atoms with Gasteiger partial charge in [0, 0.05) is 31.0 Å². The summed E-state index contributed by atoms with van der Waals surface area (Å²) in [6, 6.07) is 15.8. The highest BCUT2D eigenvalue weighted by atomic mass is 19.1. The Labute approximate surface area is 186 Å². The zero-order chi connectivity index (χ0) is 22.4. The van der Waals surface area contributed by atoms with E-state index >= 15 is 0 Å². The first-order valence-corrected chi connectivity index (χ1v) is 10.8. The van der Waals surface area contributed by atoms with Gasteiger partial charge in [0.2, 0.25) is 0 Å². The van der Waals surface area contributed by atoms with E-state index in [2.05, 4.69) is 17.4 Å². The van der Waals surface area contributed by atoms with E-state index in [-0.39, 0.29) is 11.8 Å². The van der Waals surface area contributed by atoms with Crippen LogP contribution in [0.15, 0.2) is 60.8 Å². The van der Waals surface area contributed by atoms with Gasteiger partial charge in [-0.05, 0) is 78.9 Å². The Morgan fingerprint density at radius 1 is 1.09 bits per heavy atom. The molecule has 0 radical (unpaired) electrons. The van der Waals surface area contributed by atoms with Crippen molar-refractivity contribution in [2.45, 2.75) is 26.3 Å². The van der Waals surface area contributed by atoms with Crippen LogP contribution in [0.5, 0.6) is 0 Å². The molecule has 2 aromatic carbocycles. The molecule has 2 aromatic rings. The lowest BCUT2D eigenvalue weighted by Crippen LogP contribution is -2.43. The summed E-state index contributed by atoms with van der Waals surface area (Å²) in [7, 11) is 1.96. The van der Waals surface area contributed by atoms with Gasteiger partial charge < -0.3 is 14.8 Å². The summed E-state index contributed by atoms with van der Waals surface area (Å²) >= 11 is 0. The second-order valence-electron chi connectivity index (χ2n) is 8.54. The van der Waals surface area contributed by atoms with Crippen molar-refractivity contribution in [2.75, 3.05) is 11.9 Å². The Bertz CT molecular complexity index is 1270. The Morgan fingerprint density at radius 3 is 2.62 bits per heavy atom. The predicted molar refractivity (Wildman–Crippen MR) is 123 cm³/mol. The van der Waals surface area contributed by atoms with Crippen molar-refractivity contribution in [1.29, 1.82) is 0 Å². The van der Waals surface area contributed by atoms with Crippen molar-refractivity contribution in [3.63, 3.8) is 0 Å². The molecule has 0 spiro atoms. The number of aromatic nitrogens is 2. The summed E-state index contributed by atoms with van der Waals surface area (Å²) in [4.78, 5) is 20.1. The number of amides is 2. The van der Waals surface area contributed by atoms with E-state index in [0.717, 1.165) is 39.5 Å². The maximum absolute atomic E-state index is 14.2. The van der Waals surface area contributed by atoms with Gasteiger partial charge in [0.1, 0.15) is 17.7 Å². The van der Waals surface area contributed by atoms with Gasteiger partial charge in [-0.1, -0.05) is 18.2 Å². The number of nitrogens with zero attached hydrogens (tertiary/aromatic N) is 3. The Kier molecular flexibility index (Phi) is 4.93. The molecule has 1 N–H and O–H groups in total. The first-order chi connectivity index (χ1) is 15.4. The van der Waals surface area contributed by atoms with Crippen molar-refractivity contribution < 1.29 is 9.18 Å². The molecule has 6 heteroatoms. The molecule has 0 saturated heterocycles. The van der Waals surface area contributed by atoms with Crippen molar-refractivity contribution in [3.8, 4) is 11.4 Å². The number of aryl methyl sites for hydroxylation is 3. The van der Waals surface area contributed by atoms with Gasteiger partial charge in [0.25, 0.3) is 0 Å². The molecular weight excluding hydrogens is 403 g/mol. The molecule has 2 amide bonds. The van der Waals surface area contributed by atoms with Crippen molar-refractivity contribution >= 4 is 11.7 Å². The molecule has 1 atom stereocenters. The van der Waals surface area contributed by atoms with E-state index in [9.17, 15) is 9.18 Å². The van der Waals surface area contributed by atoms with E-state index in [4.69, 9.17) is 4.98 Å². The minimum Gasteiger partial charge on any atom is -0.336 e. The van der Waals surface area contributed by atoms with Gasteiger partial charge in [0.05, 0.1) is 5.69 Å². The Balaban J connectivity index is 1.60. The third-order valence-corrected chi connectivity index (χ3v) is 6.08. The number of benzene rings is 2. The molecule has 162 valence electrons. The molecule has 32 heavy (non-hydrogen) atoms. The average Bonchev–Trinajstić information content (AvgIpc) is 3.12. The van der Waals surface area contributed by atoms with E-state index in [0.29, 0.717) is 18.5 Å². The van der Waals surface area contributed by atoms with Crippen LogP contribution in [-0.4, -0.2) is 27.0 Å². The lowest BCUT2D eigenvalue weighted by molar-refractivity contribution is 0.193. The third-order valence-electron chi connectivity index (χ3n) is 6.08. The first-order valence-electron chi connectivity index (χ1n) is 10.8. The van der Waals surface area contributed by atoms with E-state index < -0.39 is 6.04 Å². The fraction of sp³-hybridized carbons (Fsp3) is 0.231. The fourth-order valence-electron chi connectivity index (χ4n) is 4.77. The number of nitrogens with one attached hydrogen (secondary N) is 1. The largest absolute Gasteiger partial charge is 0.336 e. The number of hydrogen-bond donors (Lipinski definition) is 1. The normalized spacial score (nSPS) is 15.6. The lowest BCUT2D eigenvalue weighted by Gasteiger charge is -2.35. The number of fused-ring (bicyclic) bond motifs is 3. The number of carbonyl (C=O) groups excluding carboxylic acids is 1. The standard InChI is InChI=1S/C26H25FN4O/c1-16-12-17(2)14-20(13-16)28-26(32)31-11-9-21-22-8-5-10-30(3)25(22)29-23(21)24(31)18-6-4-7-19(27)15-18/h4-8,10,12-15,24H,9,11H2,1-3H3,(H,28,32). The van der Waals surface area contributed by atoms with Crippen LogP contribution in [0.25, 0.3) is 11.4 Å². The molecular formula is C26H25FN4O. The molecule has 3 aliphatic rings. The summed E-state index contributed by atoms with van der Waals surface area (Å²) in [5.41, 5.74) is 6.66. The summed E-state index contributed by atoms with van der Waals surface area (Å²) in [6.07, 6.45) is 2.66. The van der Waals surface area contributed by atoms with E-state index in [1.54, 1.807) is 11.0 Å².